The summed E-state index contributed by atoms with van der Waals surface area (Å²) < 4.78 is 26.7. The lowest BCUT2D eigenvalue weighted by molar-refractivity contribution is -0.385. The lowest BCUT2D eigenvalue weighted by atomic mass is 10.2. The zero-order chi connectivity index (χ0) is 13.7. The third kappa shape index (κ3) is 3.65. The fourth-order valence-electron chi connectivity index (χ4n) is 1.31. The molecule has 18 heavy (non-hydrogen) atoms. The SMILES string of the molecule is NC(=O)CCCNc1c(F)cc([N+](=O)[O-])cc1F. The van der Waals surface area contributed by atoms with Crippen molar-refractivity contribution in [1.29, 1.82) is 0 Å². The average Bonchev–Trinajstić information content (AvgIpc) is 2.26. The van der Waals surface area contributed by atoms with Crippen LogP contribution in [0.15, 0.2) is 12.1 Å². The van der Waals surface area contributed by atoms with Gasteiger partial charge in [-0.3, -0.25) is 14.9 Å². The van der Waals surface area contributed by atoms with Gasteiger partial charge in [0.1, 0.15) is 5.69 Å². The van der Waals surface area contributed by atoms with Gasteiger partial charge in [0.15, 0.2) is 11.6 Å². The van der Waals surface area contributed by atoms with E-state index in [2.05, 4.69) is 5.32 Å². The van der Waals surface area contributed by atoms with E-state index >= 15 is 0 Å². The first-order valence-corrected chi connectivity index (χ1v) is 5.07. The van der Waals surface area contributed by atoms with Crippen LogP contribution in [0.25, 0.3) is 0 Å². The van der Waals surface area contributed by atoms with Crippen molar-refractivity contribution in [2.45, 2.75) is 12.8 Å². The molecule has 0 aromatic heterocycles. The van der Waals surface area contributed by atoms with Gasteiger partial charge < -0.3 is 11.1 Å². The highest BCUT2D eigenvalue weighted by atomic mass is 19.1. The maximum atomic E-state index is 13.4. The van der Waals surface area contributed by atoms with Crippen molar-refractivity contribution < 1.29 is 18.5 Å². The number of hydrogen-bond acceptors (Lipinski definition) is 4. The first-order chi connectivity index (χ1) is 8.41. The maximum Gasteiger partial charge on any atom is 0.275 e. The number of nitrogens with one attached hydrogen (secondary N) is 1. The Labute approximate surface area is 101 Å². The average molecular weight is 259 g/mol. The van der Waals surface area contributed by atoms with E-state index in [1.807, 2.05) is 0 Å². The minimum atomic E-state index is -1.05. The number of carbonyl (C=O) groups is 1. The Bertz CT molecular complexity index is 456. The first kappa shape index (κ1) is 13.8. The summed E-state index contributed by atoms with van der Waals surface area (Å²) in [5.41, 5.74) is 3.78. The topological polar surface area (TPSA) is 98.3 Å². The monoisotopic (exact) mass is 259 g/mol. The van der Waals surface area contributed by atoms with Crippen molar-refractivity contribution in [3.05, 3.63) is 33.9 Å². The lowest BCUT2D eigenvalue weighted by Gasteiger charge is -2.07. The van der Waals surface area contributed by atoms with Crippen molar-refractivity contribution in [3.8, 4) is 0 Å². The highest BCUT2D eigenvalue weighted by Crippen LogP contribution is 2.24. The van der Waals surface area contributed by atoms with Gasteiger partial charge in [0, 0.05) is 13.0 Å². The van der Waals surface area contributed by atoms with E-state index in [-0.39, 0.29) is 13.0 Å². The molecule has 0 bridgehead atoms. The summed E-state index contributed by atoms with van der Waals surface area (Å²) in [4.78, 5) is 19.9. The second kappa shape index (κ2) is 5.89. The number of nitrogens with zero attached hydrogens (tertiary/aromatic N) is 1. The molecule has 0 spiro atoms. The minimum absolute atomic E-state index is 0.0865. The molecule has 0 heterocycles. The van der Waals surface area contributed by atoms with Crippen LogP contribution in [0.3, 0.4) is 0 Å². The number of carbonyl (C=O) groups excluding carboxylic acids is 1. The molecule has 0 atom stereocenters. The molecule has 0 saturated heterocycles. The highest BCUT2D eigenvalue weighted by Gasteiger charge is 2.16. The number of primary amides is 1. The minimum Gasteiger partial charge on any atom is -0.380 e. The molecule has 0 radical (unpaired) electrons. The van der Waals surface area contributed by atoms with Crippen LogP contribution in [0.4, 0.5) is 20.2 Å². The van der Waals surface area contributed by atoms with E-state index in [0.717, 1.165) is 0 Å². The van der Waals surface area contributed by atoms with Crippen LogP contribution >= 0.6 is 0 Å². The van der Waals surface area contributed by atoms with Gasteiger partial charge >= 0.3 is 0 Å². The fraction of sp³-hybridized carbons (Fsp3) is 0.300. The van der Waals surface area contributed by atoms with Gasteiger partial charge in [-0.2, -0.15) is 0 Å². The fourth-order valence-corrected chi connectivity index (χ4v) is 1.31. The number of anilines is 1. The number of non-ortho nitro benzene ring substituents is 1. The molecule has 1 aromatic carbocycles. The van der Waals surface area contributed by atoms with Crippen LogP contribution in [-0.2, 0) is 4.79 Å². The molecule has 0 saturated carbocycles. The lowest BCUT2D eigenvalue weighted by Crippen LogP contribution is -2.13. The van der Waals surface area contributed by atoms with E-state index < -0.39 is 33.8 Å². The normalized spacial score (nSPS) is 10.1. The Morgan fingerprint density at radius 1 is 1.39 bits per heavy atom. The smallest absolute Gasteiger partial charge is 0.275 e. The Morgan fingerprint density at radius 2 is 1.94 bits per heavy atom. The molecule has 0 aliphatic heterocycles. The van der Waals surface area contributed by atoms with Crippen LogP contribution in [0.1, 0.15) is 12.8 Å². The third-order valence-corrected chi connectivity index (χ3v) is 2.14. The van der Waals surface area contributed by atoms with Crippen LogP contribution in [-0.4, -0.2) is 17.4 Å². The summed E-state index contributed by atoms with van der Waals surface area (Å²) in [6.45, 7) is 0.134. The molecule has 1 amide bonds. The summed E-state index contributed by atoms with van der Waals surface area (Å²) in [5.74, 6) is -2.62. The third-order valence-electron chi connectivity index (χ3n) is 2.14. The number of hydrogen-bond donors (Lipinski definition) is 2. The summed E-state index contributed by atoms with van der Waals surface area (Å²) in [6, 6.07) is 1.25. The van der Waals surface area contributed by atoms with E-state index in [1.165, 1.54) is 0 Å². The zero-order valence-electron chi connectivity index (χ0n) is 9.28. The number of halogens is 2. The van der Waals surface area contributed by atoms with E-state index in [4.69, 9.17) is 5.73 Å². The van der Waals surface area contributed by atoms with Crippen LogP contribution < -0.4 is 11.1 Å². The molecular formula is C10H11F2N3O3. The van der Waals surface area contributed by atoms with Gasteiger partial charge in [0.2, 0.25) is 5.91 Å². The Morgan fingerprint density at radius 3 is 2.39 bits per heavy atom. The van der Waals surface area contributed by atoms with E-state index in [0.29, 0.717) is 18.6 Å². The van der Waals surface area contributed by atoms with Crippen molar-refractivity contribution in [2.75, 3.05) is 11.9 Å². The molecule has 98 valence electrons. The predicted molar refractivity (Wildman–Crippen MR) is 59.9 cm³/mol. The van der Waals surface area contributed by atoms with Gasteiger partial charge in [-0.15, -0.1) is 0 Å². The molecule has 0 aliphatic rings. The van der Waals surface area contributed by atoms with Crippen LogP contribution in [0.2, 0.25) is 0 Å². The van der Waals surface area contributed by atoms with Crippen LogP contribution in [0, 0.1) is 21.7 Å². The molecule has 8 heteroatoms. The quantitative estimate of drug-likeness (QED) is 0.460. The molecule has 1 aromatic rings. The Hall–Kier alpha value is -2.25. The van der Waals surface area contributed by atoms with Gasteiger partial charge in [-0.25, -0.2) is 8.78 Å². The second-order valence-electron chi connectivity index (χ2n) is 3.54. The second-order valence-corrected chi connectivity index (χ2v) is 3.54. The first-order valence-electron chi connectivity index (χ1n) is 5.07. The standard InChI is InChI=1S/C10H11F2N3O3/c11-7-4-6(15(17)18)5-8(12)10(7)14-3-1-2-9(13)16/h4-5,14H,1-3H2,(H2,13,16). The van der Waals surface area contributed by atoms with Crippen LogP contribution in [0.5, 0.6) is 0 Å². The Balaban J connectivity index is 2.72. The molecular weight excluding hydrogens is 248 g/mol. The number of nitro groups is 1. The number of rotatable bonds is 6. The van der Waals surface area contributed by atoms with E-state index in [9.17, 15) is 23.7 Å². The summed E-state index contributed by atoms with van der Waals surface area (Å²) in [6.07, 6.45) is 0.397. The van der Waals surface area contributed by atoms with Gasteiger partial charge in [0.25, 0.3) is 5.69 Å². The number of benzene rings is 1. The maximum absolute atomic E-state index is 13.4. The molecule has 3 N–H and O–H groups in total. The highest BCUT2D eigenvalue weighted by molar-refractivity contribution is 5.73. The number of nitrogens with two attached hydrogens (primary N) is 1. The van der Waals surface area contributed by atoms with E-state index in [1.54, 1.807) is 0 Å². The largest absolute Gasteiger partial charge is 0.380 e. The van der Waals surface area contributed by atoms with Gasteiger partial charge in [-0.1, -0.05) is 0 Å². The van der Waals surface area contributed by atoms with Gasteiger partial charge in [0.05, 0.1) is 17.1 Å². The molecule has 6 nitrogen and oxygen atoms in total. The number of nitro benzene ring substituents is 1. The van der Waals surface area contributed by atoms with Gasteiger partial charge in [-0.05, 0) is 6.42 Å². The summed E-state index contributed by atoms with van der Waals surface area (Å²) in [7, 11) is 0. The summed E-state index contributed by atoms with van der Waals surface area (Å²) in [5, 5.41) is 12.8. The molecule has 1 rings (SSSR count). The van der Waals surface area contributed by atoms with Crippen molar-refractivity contribution >= 4 is 17.3 Å². The van der Waals surface area contributed by atoms with Crippen molar-refractivity contribution in [1.82, 2.24) is 0 Å². The van der Waals surface area contributed by atoms with Crippen molar-refractivity contribution in [3.63, 3.8) is 0 Å². The zero-order valence-corrected chi connectivity index (χ0v) is 9.28. The van der Waals surface area contributed by atoms with Crippen molar-refractivity contribution in [2.24, 2.45) is 5.73 Å². The Kier molecular flexibility index (Phi) is 4.52. The summed E-state index contributed by atoms with van der Waals surface area (Å²) >= 11 is 0. The number of amides is 1. The predicted octanol–water partition coefficient (Wildman–Crippen LogP) is 1.55. The molecule has 0 aliphatic carbocycles. The molecule has 0 unspecified atom stereocenters. The molecule has 0 fully saturated rings.